The van der Waals surface area contributed by atoms with Gasteiger partial charge in [0, 0.05) is 23.5 Å². The summed E-state index contributed by atoms with van der Waals surface area (Å²) in [5.74, 6) is 1.23. The van der Waals surface area contributed by atoms with Gasteiger partial charge in [-0.25, -0.2) is 4.98 Å². The zero-order chi connectivity index (χ0) is 19.8. The number of hydrogen-bond donors (Lipinski definition) is 0. The van der Waals surface area contributed by atoms with Crippen molar-refractivity contribution in [3.8, 4) is 0 Å². The van der Waals surface area contributed by atoms with Crippen molar-refractivity contribution >= 4 is 16.3 Å². The lowest BCUT2D eigenvalue weighted by Gasteiger charge is -2.15. The molecule has 0 bridgehead atoms. The van der Waals surface area contributed by atoms with Crippen LogP contribution in [0.25, 0.3) is 4.96 Å². The second-order valence-electron chi connectivity index (χ2n) is 8.38. The van der Waals surface area contributed by atoms with Gasteiger partial charge in [-0.2, -0.15) is 0 Å². The first kappa shape index (κ1) is 21.1. The van der Waals surface area contributed by atoms with E-state index in [1.54, 1.807) is 11.3 Å². The third kappa shape index (κ3) is 5.70. The zero-order valence-corrected chi connectivity index (χ0v) is 18.7. The molecule has 2 atom stereocenters. The van der Waals surface area contributed by atoms with Crippen LogP contribution >= 0.6 is 11.3 Å². The van der Waals surface area contributed by atoms with Crippen molar-refractivity contribution < 1.29 is 0 Å². The quantitative estimate of drug-likeness (QED) is 0.284. The summed E-state index contributed by atoms with van der Waals surface area (Å²) in [7, 11) is 0. The molecule has 0 spiro atoms. The van der Waals surface area contributed by atoms with E-state index in [1.165, 1.54) is 74.6 Å². The molecule has 3 rings (SSSR count). The lowest BCUT2D eigenvalue weighted by atomic mass is 9.91. The van der Waals surface area contributed by atoms with Crippen molar-refractivity contribution in [3.05, 3.63) is 58.9 Å². The Morgan fingerprint density at radius 1 is 0.929 bits per heavy atom. The molecule has 2 unspecified atom stereocenters. The number of aromatic nitrogens is 2. The second kappa shape index (κ2) is 10.8. The predicted molar refractivity (Wildman–Crippen MR) is 123 cm³/mol. The summed E-state index contributed by atoms with van der Waals surface area (Å²) in [5, 5.41) is 2.28. The van der Waals surface area contributed by atoms with Gasteiger partial charge in [-0.15, -0.1) is 11.3 Å². The van der Waals surface area contributed by atoms with Crippen LogP contribution in [0.1, 0.15) is 101 Å². The molecule has 152 valence electrons. The summed E-state index contributed by atoms with van der Waals surface area (Å²) < 4.78 is 2.25. The van der Waals surface area contributed by atoms with Gasteiger partial charge in [0.1, 0.15) is 0 Å². The van der Waals surface area contributed by atoms with Gasteiger partial charge >= 0.3 is 0 Å². The van der Waals surface area contributed by atoms with Crippen molar-refractivity contribution in [2.24, 2.45) is 0 Å². The van der Waals surface area contributed by atoms with Crippen molar-refractivity contribution in [2.75, 3.05) is 0 Å². The number of thiazole rings is 1. The van der Waals surface area contributed by atoms with Gasteiger partial charge in [-0.3, -0.25) is 4.40 Å². The Kier molecular flexibility index (Phi) is 8.14. The highest BCUT2D eigenvalue weighted by Crippen LogP contribution is 2.29. The first-order valence-electron chi connectivity index (χ1n) is 11.2. The van der Waals surface area contributed by atoms with Crippen LogP contribution in [0.5, 0.6) is 0 Å². The number of nitrogens with zero attached hydrogens (tertiary/aromatic N) is 2. The van der Waals surface area contributed by atoms with E-state index in [0.29, 0.717) is 11.8 Å². The number of unbranched alkanes of at least 4 members (excludes halogenated alkanes) is 4. The third-order valence-corrected chi connectivity index (χ3v) is 6.94. The maximum absolute atomic E-state index is 4.39. The molecule has 3 aromatic rings. The van der Waals surface area contributed by atoms with Crippen LogP contribution < -0.4 is 0 Å². The molecule has 0 N–H and O–H groups in total. The van der Waals surface area contributed by atoms with Gasteiger partial charge in [0.2, 0.25) is 0 Å². The fourth-order valence-electron chi connectivity index (χ4n) is 4.09. The van der Waals surface area contributed by atoms with Gasteiger partial charge in [-0.1, -0.05) is 77.1 Å². The maximum Gasteiger partial charge on any atom is 0.193 e. The Labute approximate surface area is 175 Å². The summed E-state index contributed by atoms with van der Waals surface area (Å²) in [6.07, 6.45) is 15.8. The summed E-state index contributed by atoms with van der Waals surface area (Å²) in [5.41, 5.74) is 4.41. The molecule has 0 aliphatic rings. The molecule has 0 aliphatic heterocycles. The highest BCUT2D eigenvalue weighted by Gasteiger charge is 2.13. The summed E-state index contributed by atoms with van der Waals surface area (Å²) in [6.45, 7) is 7.01. The fraction of sp³-hybridized carbons (Fsp3) is 0.560. The minimum Gasteiger partial charge on any atom is -0.294 e. The third-order valence-electron chi connectivity index (χ3n) is 6.07. The molecule has 0 saturated carbocycles. The largest absolute Gasteiger partial charge is 0.294 e. The van der Waals surface area contributed by atoms with Crippen LogP contribution in [-0.4, -0.2) is 9.38 Å². The van der Waals surface area contributed by atoms with Crippen LogP contribution in [0.2, 0.25) is 0 Å². The van der Waals surface area contributed by atoms with Crippen LogP contribution in [-0.2, 0) is 6.42 Å². The number of hydrogen-bond acceptors (Lipinski definition) is 2. The van der Waals surface area contributed by atoms with Crippen molar-refractivity contribution in [1.29, 1.82) is 0 Å². The molecule has 2 aromatic heterocycles. The number of aryl methyl sites for hydroxylation is 1. The van der Waals surface area contributed by atoms with E-state index in [9.17, 15) is 0 Å². The summed E-state index contributed by atoms with van der Waals surface area (Å²) in [4.78, 5) is 5.50. The molecule has 0 aliphatic carbocycles. The Balaban J connectivity index is 1.40. The Morgan fingerprint density at radius 2 is 1.68 bits per heavy atom. The molecular weight excluding hydrogens is 360 g/mol. The number of rotatable bonds is 12. The molecule has 0 saturated heterocycles. The topological polar surface area (TPSA) is 17.3 Å². The van der Waals surface area contributed by atoms with E-state index in [1.807, 2.05) is 6.20 Å². The number of imidazole rings is 1. The predicted octanol–water partition coefficient (Wildman–Crippen LogP) is 7.99. The SMILES string of the molecule is CCCCCCCc1ccc(C(C)CCCC(C)c2csc3nccn23)cc1. The average molecular weight is 397 g/mol. The Hall–Kier alpha value is -1.61. The minimum atomic E-state index is 0.588. The molecule has 0 radical (unpaired) electrons. The second-order valence-corrected chi connectivity index (χ2v) is 9.22. The van der Waals surface area contributed by atoms with Gasteiger partial charge < -0.3 is 0 Å². The molecule has 2 heterocycles. The van der Waals surface area contributed by atoms with Crippen LogP contribution in [0, 0.1) is 0 Å². The minimum absolute atomic E-state index is 0.588. The van der Waals surface area contributed by atoms with E-state index in [4.69, 9.17) is 0 Å². The number of benzene rings is 1. The number of fused-ring (bicyclic) bond motifs is 1. The molecule has 2 nitrogen and oxygen atoms in total. The van der Waals surface area contributed by atoms with E-state index in [2.05, 4.69) is 66.0 Å². The standard InChI is InChI=1S/C25H36N2S/c1-4-5-6-7-8-12-22-13-15-23(16-14-22)20(2)10-9-11-21(3)24-19-28-25-26-17-18-27(24)25/h13-21H,4-12H2,1-3H3. The van der Waals surface area contributed by atoms with Gasteiger partial charge in [0.25, 0.3) is 0 Å². The van der Waals surface area contributed by atoms with Crippen LogP contribution in [0.15, 0.2) is 42.0 Å². The molecule has 28 heavy (non-hydrogen) atoms. The first-order valence-corrected chi connectivity index (χ1v) is 12.1. The van der Waals surface area contributed by atoms with Crippen LogP contribution in [0.4, 0.5) is 0 Å². The smallest absolute Gasteiger partial charge is 0.193 e. The van der Waals surface area contributed by atoms with E-state index in [-0.39, 0.29) is 0 Å². The zero-order valence-electron chi connectivity index (χ0n) is 17.9. The fourth-order valence-corrected chi connectivity index (χ4v) is 5.06. The Bertz CT molecular complexity index is 815. The van der Waals surface area contributed by atoms with Gasteiger partial charge in [0.05, 0.1) is 0 Å². The lowest BCUT2D eigenvalue weighted by molar-refractivity contribution is 0.553. The highest BCUT2D eigenvalue weighted by molar-refractivity contribution is 7.15. The molecule has 3 heteroatoms. The van der Waals surface area contributed by atoms with E-state index >= 15 is 0 Å². The van der Waals surface area contributed by atoms with Crippen molar-refractivity contribution in [2.45, 2.75) is 90.4 Å². The summed E-state index contributed by atoms with van der Waals surface area (Å²) >= 11 is 1.75. The first-order chi connectivity index (χ1) is 13.7. The van der Waals surface area contributed by atoms with Crippen molar-refractivity contribution in [3.63, 3.8) is 0 Å². The molecule has 1 aromatic carbocycles. The molecule has 0 amide bonds. The normalized spacial score (nSPS) is 13.8. The Morgan fingerprint density at radius 3 is 2.46 bits per heavy atom. The summed E-state index contributed by atoms with van der Waals surface area (Å²) in [6, 6.07) is 9.44. The van der Waals surface area contributed by atoms with Crippen molar-refractivity contribution in [1.82, 2.24) is 9.38 Å². The monoisotopic (exact) mass is 396 g/mol. The lowest BCUT2D eigenvalue weighted by Crippen LogP contribution is -2.00. The molecular formula is C25H36N2S. The highest BCUT2D eigenvalue weighted by atomic mass is 32.1. The van der Waals surface area contributed by atoms with Crippen LogP contribution in [0.3, 0.4) is 0 Å². The molecule has 0 fully saturated rings. The van der Waals surface area contributed by atoms with Gasteiger partial charge in [-0.05, 0) is 48.6 Å². The average Bonchev–Trinajstić information content (AvgIpc) is 3.32. The van der Waals surface area contributed by atoms with E-state index < -0.39 is 0 Å². The van der Waals surface area contributed by atoms with Gasteiger partial charge in [0.15, 0.2) is 4.96 Å². The maximum atomic E-state index is 4.39. The van der Waals surface area contributed by atoms with E-state index in [0.717, 1.165) is 4.96 Å².